The van der Waals surface area contributed by atoms with Crippen LogP contribution in [0.2, 0.25) is 58.9 Å². The van der Waals surface area contributed by atoms with Crippen LogP contribution in [0.15, 0.2) is 0 Å². The van der Waals surface area contributed by atoms with E-state index in [1.165, 1.54) is 0 Å². The molecule has 0 spiro atoms. The Balaban J connectivity index is 0. The van der Waals surface area contributed by atoms with E-state index in [1.807, 2.05) is 0 Å². The molecule has 1 unspecified atom stereocenters. The predicted octanol–water partition coefficient (Wildman–Crippen LogP) is 0.843. The van der Waals surface area contributed by atoms with Crippen molar-refractivity contribution in [1.29, 1.82) is 0 Å². The van der Waals surface area contributed by atoms with Crippen LogP contribution < -0.4 is 18.9 Å². The third-order valence-electron chi connectivity index (χ3n) is 3.53. The van der Waals surface area contributed by atoms with Crippen molar-refractivity contribution in [3.63, 3.8) is 0 Å². The van der Waals surface area contributed by atoms with Gasteiger partial charge in [0.1, 0.15) is 0 Å². The van der Waals surface area contributed by atoms with E-state index in [2.05, 4.69) is 58.9 Å². The Morgan fingerprint density at radius 1 is 0.955 bits per heavy atom. The maximum absolute atomic E-state index is 10.1. The van der Waals surface area contributed by atoms with Gasteiger partial charge in [0, 0.05) is 6.61 Å². The minimum atomic E-state index is -0.832. The van der Waals surface area contributed by atoms with E-state index in [0.29, 0.717) is 19.6 Å². The first kappa shape index (κ1) is 25.1. The molecule has 1 atom stereocenters. The number of hydrogen-bond donors (Lipinski definition) is 1. The smallest absolute Gasteiger partial charge is 0.481 e. The van der Waals surface area contributed by atoms with E-state index in [-0.39, 0.29) is 32.1 Å². The summed E-state index contributed by atoms with van der Waals surface area (Å²) in [6.07, 6.45) is 0.676. The molecule has 0 amide bonds. The van der Waals surface area contributed by atoms with Gasteiger partial charge in [-0.2, -0.15) is 0 Å². The molecule has 8 heteroatoms. The van der Waals surface area contributed by atoms with Gasteiger partial charge in [0.2, 0.25) is 0 Å². The van der Waals surface area contributed by atoms with Gasteiger partial charge >= 0.3 is 24.8 Å². The fraction of sp³-hybridized carbons (Fsp3) is 0.929. The Hall–Kier alpha value is 0.895. The number of carboxylic acid groups (broad SMARTS) is 1. The number of ether oxygens (including phenoxy) is 1. The summed E-state index contributed by atoms with van der Waals surface area (Å²) in [4.78, 5) is 10.1. The third kappa shape index (κ3) is 9.25. The Kier molecular flexibility index (Phi) is 10.7. The van der Waals surface area contributed by atoms with Crippen molar-refractivity contribution >= 4 is 36.1 Å². The SMILES string of the molecule is C[Si](C)(C)[Si-]([Si](C)(C)C)[Si](C)(C)C.O=C(O)C1CCOC1.[Li+]. The molecule has 0 aromatic rings. The van der Waals surface area contributed by atoms with Crippen LogP contribution in [0.4, 0.5) is 0 Å². The van der Waals surface area contributed by atoms with Crippen LogP contribution in [0, 0.1) is 5.92 Å². The van der Waals surface area contributed by atoms with Gasteiger partial charge in [-0.25, -0.2) is 0 Å². The van der Waals surface area contributed by atoms with E-state index in [1.54, 1.807) is 0 Å². The Morgan fingerprint density at radius 2 is 1.32 bits per heavy atom. The summed E-state index contributed by atoms with van der Waals surface area (Å²) in [6, 6.07) is 0. The van der Waals surface area contributed by atoms with Crippen molar-refractivity contribution in [2.75, 3.05) is 13.2 Å². The van der Waals surface area contributed by atoms with E-state index >= 15 is 0 Å². The Labute approximate surface area is 153 Å². The molecule has 1 rings (SSSR count). The van der Waals surface area contributed by atoms with Crippen LogP contribution in [-0.4, -0.2) is 54.4 Å². The van der Waals surface area contributed by atoms with Crippen molar-refractivity contribution in [2.45, 2.75) is 65.3 Å². The largest absolute Gasteiger partial charge is 1.00 e. The zero-order valence-corrected chi connectivity index (χ0v) is 20.5. The van der Waals surface area contributed by atoms with Crippen LogP contribution >= 0.6 is 0 Å². The fourth-order valence-electron chi connectivity index (χ4n) is 4.10. The molecule has 1 aliphatic heterocycles. The van der Waals surface area contributed by atoms with Gasteiger partial charge in [-0.3, -0.25) is 12.1 Å². The minimum absolute atomic E-state index is 0. The zero-order valence-electron chi connectivity index (χ0n) is 16.5. The van der Waals surface area contributed by atoms with Crippen LogP contribution in [0.3, 0.4) is 0 Å². The number of rotatable bonds is 4. The molecule has 0 aliphatic carbocycles. The average Bonchev–Trinajstić information content (AvgIpc) is 2.61. The molecule has 0 radical (unpaired) electrons. The first-order valence-corrected chi connectivity index (χ1v) is 22.9. The third-order valence-corrected chi connectivity index (χ3v) is 62.0. The molecule has 0 aromatic carbocycles. The monoisotopic (exact) mass is 370 g/mol. The van der Waals surface area contributed by atoms with Crippen LogP contribution in [0.25, 0.3) is 0 Å². The van der Waals surface area contributed by atoms with E-state index in [9.17, 15) is 4.79 Å². The average molecular weight is 371 g/mol. The van der Waals surface area contributed by atoms with Gasteiger partial charge in [0.05, 0.1) is 12.5 Å². The Bertz CT molecular complexity index is 306. The zero-order chi connectivity index (χ0) is 17.1. The minimum Gasteiger partial charge on any atom is -0.481 e. The summed E-state index contributed by atoms with van der Waals surface area (Å²) < 4.78 is 4.84. The number of hydrogen-bond acceptors (Lipinski definition) is 2. The van der Waals surface area contributed by atoms with E-state index in [4.69, 9.17) is 9.84 Å². The van der Waals surface area contributed by atoms with Crippen LogP contribution in [0.5, 0.6) is 0 Å². The van der Waals surface area contributed by atoms with Gasteiger partial charge in [-0.1, -0.05) is 58.9 Å². The van der Waals surface area contributed by atoms with Crippen molar-refractivity contribution in [3.8, 4) is 0 Å². The molecule has 0 saturated carbocycles. The van der Waals surface area contributed by atoms with E-state index < -0.39 is 28.7 Å². The summed E-state index contributed by atoms with van der Waals surface area (Å²) in [5.74, 6) is -0.975. The molecule has 22 heavy (non-hydrogen) atoms. The second-order valence-electron chi connectivity index (χ2n) is 9.02. The molecule has 1 fully saturated rings. The molecule has 1 heterocycles. The molecule has 0 bridgehead atoms. The standard InChI is InChI=1S/C9H27Si4.C5H8O3.Li/c1-11(2,3)10(12(4,5)6)13(7,8)9;6-5(7)4-1-2-8-3-4;/h1-9H3;4H,1-3H2,(H,6,7);/q-1;;+1. The fourth-order valence-corrected chi connectivity index (χ4v) is 91.9. The number of aliphatic carboxylic acids is 1. The summed E-state index contributed by atoms with van der Waals surface area (Å²) in [7, 11) is -2.47. The number of carbonyl (C=O) groups is 1. The maximum Gasteiger partial charge on any atom is 1.00 e. The Morgan fingerprint density at radius 3 is 1.41 bits per heavy atom. The maximum atomic E-state index is 10.1. The quantitative estimate of drug-likeness (QED) is 0.746. The molecule has 1 saturated heterocycles. The molecular weight excluding hydrogens is 335 g/mol. The van der Waals surface area contributed by atoms with Crippen molar-refractivity contribution < 1.29 is 33.5 Å². The summed E-state index contributed by atoms with van der Waals surface area (Å²) in [5, 5.41) is 8.33. The molecule has 1 N–H and O–H groups in total. The normalized spacial score (nSPS) is 19.3. The topological polar surface area (TPSA) is 46.5 Å². The van der Waals surface area contributed by atoms with Crippen molar-refractivity contribution in [3.05, 3.63) is 0 Å². The molecule has 126 valence electrons. The van der Waals surface area contributed by atoms with Crippen LogP contribution in [-0.2, 0) is 9.53 Å². The summed E-state index contributed by atoms with van der Waals surface area (Å²) in [6.45, 7) is 24.5. The molecule has 0 aromatic heterocycles. The van der Waals surface area contributed by atoms with E-state index in [0.717, 1.165) is 0 Å². The van der Waals surface area contributed by atoms with Crippen LogP contribution in [0.1, 0.15) is 6.42 Å². The second-order valence-corrected chi connectivity index (χ2v) is 45.8. The predicted molar refractivity (Wildman–Crippen MR) is 102 cm³/mol. The van der Waals surface area contributed by atoms with Gasteiger partial charge in [0.15, 0.2) is 0 Å². The molecule has 3 nitrogen and oxygen atoms in total. The summed E-state index contributed by atoms with van der Waals surface area (Å²) in [5.41, 5.74) is 0. The summed E-state index contributed by atoms with van der Waals surface area (Å²) >= 11 is 0. The van der Waals surface area contributed by atoms with Gasteiger partial charge in [-0.15, -0.1) is 22.8 Å². The van der Waals surface area contributed by atoms with Gasteiger partial charge in [-0.05, 0) is 6.42 Å². The first-order valence-electron chi connectivity index (χ1n) is 7.86. The van der Waals surface area contributed by atoms with Gasteiger partial charge in [0.25, 0.3) is 0 Å². The molecule has 1 aliphatic rings. The second kappa shape index (κ2) is 9.40. The first-order chi connectivity index (χ1) is 9.17. The molecular formula is C14H35LiO3Si4. The number of carboxylic acids is 1. The van der Waals surface area contributed by atoms with Crippen molar-refractivity contribution in [2.24, 2.45) is 5.92 Å². The van der Waals surface area contributed by atoms with Gasteiger partial charge < -0.3 is 9.84 Å². The van der Waals surface area contributed by atoms with Crippen molar-refractivity contribution in [1.82, 2.24) is 0 Å².